The third kappa shape index (κ3) is 4.31. The van der Waals surface area contributed by atoms with Crippen molar-refractivity contribution < 1.29 is 4.79 Å². The zero-order valence-corrected chi connectivity index (χ0v) is 16.0. The minimum Gasteiger partial charge on any atom is -0.355 e. The molecule has 0 aliphatic rings. The van der Waals surface area contributed by atoms with Crippen LogP contribution in [0, 0.1) is 6.92 Å². The van der Waals surface area contributed by atoms with E-state index >= 15 is 0 Å². The van der Waals surface area contributed by atoms with E-state index in [0.717, 1.165) is 23.3 Å². The average Bonchev–Trinajstić information content (AvgIpc) is 2.98. The summed E-state index contributed by atoms with van der Waals surface area (Å²) in [6.45, 7) is 9.30. The van der Waals surface area contributed by atoms with Crippen LogP contribution in [0.1, 0.15) is 43.2 Å². The molecule has 2 aromatic heterocycles. The Labute approximate surface area is 155 Å². The lowest BCUT2D eigenvalue weighted by Crippen LogP contribution is -2.27. The molecular weight excluding hydrogens is 322 g/mol. The number of carbonyl (C=O) groups excluding carboxylic acids is 1. The molecule has 0 radical (unpaired) electrons. The standard InChI is InChI=1S/C22H27N3O/c1-16-6-5-13-25-15-19(24-21(16)25)14-20(26)23-12-11-17-7-9-18(10-8-17)22(2,3)4/h5-10,13,15H,11-12,14H2,1-4H3,(H,23,26). The number of benzene rings is 1. The van der Waals surface area contributed by atoms with Gasteiger partial charge in [0.2, 0.25) is 5.91 Å². The van der Waals surface area contributed by atoms with Crippen LogP contribution in [-0.2, 0) is 23.1 Å². The highest BCUT2D eigenvalue weighted by Crippen LogP contribution is 2.22. The lowest BCUT2D eigenvalue weighted by atomic mass is 9.86. The number of nitrogens with zero attached hydrogens (tertiary/aromatic N) is 2. The van der Waals surface area contributed by atoms with Gasteiger partial charge in [-0.05, 0) is 41.5 Å². The van der Waals surface area contributed by atoms with Crippen molar-refractivity contribution in [1.29, 1.82) is 0 Å². The molecule has 0 aliphatic heterocycles. The molecule has 4 heteroatoms. The smallest absolute Gasteiger partial charge is 0.226 e. The Morgan fingerprint density at radius 3 is 2.54 bits per heavy atom. The largest absolute Gasteiger partial charge is 0.355 e. The Hall–Kier alpha value is -2.62. The normalized spacial score (nSPS) is 11.7. The minimum atomic E-state index is 0.0115. The highest BCUT2D eigenvalue weighted by atomic mass is 16.1. The number of hydrogen-bond donors (Lipinski definition) is 1. The van der Waals surface area contributed by atoms with Crippen LogP contribution in [0.2, 0.25) is 0 Å². The first-order valence-corrected chi connectivity index (χ1v) is 9.12. The monoisotopic (exact) mass is 349 g/mol. The van der Waals surface area contributed by atoms with Gasteiger partial charge in [0, 0.05) is 18.9 Å². The van der Waals surface area contributed by atoms with Crippen LogP contribution in [-0.4, -0.2) is 21.8 Å². The SMILES string of the molecule is Cc1cccn2cc(CC(=O)NCCc3ccc(C(C)(C)C)cc3)nc12. The molecule has 1 aromatic carbocycles. The molecule has 2 heterocycles. The van der Waals surface area contributed by atoms with E-state index in [4.69, 9.17) is 0 Å². The van der Waals surface area contributed by atoms with E-state index in [-0.39, 0.29) is 11.3 Å². The maximum atomic E-state index is 12.2. The van der Waals surface area contributed by atoms with Crippen LogP contribution in [0.4, 0.5) is 0 Å². The fourth-order valence-corrected chi connectivity index (χ4v) is 3.03. The van der Waals surface area contributed by atoms with E-state index in [1.54, 1.807) is 0 Å². The Balaban J connectivity index is 1.51. The number of aromatic nitrogens is 2. The Morgan fingerprint density at radius 2 is 1.88 bits per heavy atom. The van der Waals surface area contributed by atoms with Gasteiger partial charge in [-0.3, -0.25) is 4.79 Å². The molecular formula is C22H27N3O. The Morgan fingerprint density at radius 1 is 1.15 bits per heavy atom. The summed E-state index contributed by atoms with van der Waals surface area (Å²) in [6, 6.07) is 12.7. The first-order valence-electron chi connectivity index (χ1n) is 9.12. The van der Waals surface area contributed by atoms with Crippen LogP contribution in [0.5, 0.6) is 0 Å². The molecule has 0 unspecified atom stereocenters. The van der Waals surface area contributed by atoms with Crippen molar-refractivity contribution >= 4 is 11.6 Å². The van der Waals surface area contributed by atoms with Gasteiger partial charge in [0.25, 0.3) is 0 Å². The van der Waals surface area contributed by atoms with Crippen molar-refractivity contribution in [3.8, 4) is 0 Å². The maximum Gasteiger partial charge on any atom is 0.226 e. The van der Waals surface area contributed by atoms with Crippen molar-refractivity contribution in [2.75, 3.05) is 6.54 Å². The summed E-state index contributed by atoms with van der Waals surface area (Å²) in [6.07, 6.45) is 5.02. The molecule has 1 N–H and O–H groups in total. The topological polar surface area (TPSA) is 46.4 Å². The van der Waals surface area contributed by atoms with Crippen LogP contribution >= 0.6 is 0 Å². The number of carbonyl (C=O) groups is 1. The molecule has 1 amide bonds. The van der Waals surface area contributed by atoms with Crippen molar-refractivity contribution in [2.24, 2.45) is 0 Å². The number of rotatable bonds is 5. The zero-order valence-electron chi connectivity index (χ0n) is 16.0. The van der Waals surface area contributed by atoms with E-state index in [1.807, 2.05) is 35.9 Å². The van der Waals surface area contributed by atoms with E-state index in [0.29, 0.717) is 13.0 Å². The van der Waals surface area contributed by atoms with E-state index in [1.165, 1.54) is 11.1 Å². The number of aryl methyl sites for hydroxylation is 1. The summed E-state index contributed by atoms with van der Waals surface area (Å²) in [5.41, 5.74) is 5.55. The fourth-order valence-electron chi connectivity index (χ4n) is 3.03. The lowest BCUT2D eigenvalue weighted by Gasteiger charge is -2.19. The van der Waals surface area contributed by atoms with Gasteiger partial charge in [0.05, 0.1) is 12.1 Å². The van der Waals surface area contributed by atoms with Crippen LogP contribution in [0.15, 0.2) is 48.8 Å². The van der Waals surface area contributed by atoms with Crippen LogP contribution < -0.4 is 5.32 Å². The summed E-state index contributed by atoms with van der Waals surface area (Å²) in [4.78, 5) is 16.7. The number of amides is 1. The van der Waals surface area contributed by atoms with Gasteiger partial charge in [-0.25, -0.2) is 4.98 Å². The number of hydrogen-bond acceptors (Lipinski definition) is 2. The Bertz CT molecular complexity index is 901. The molecule has 0 saturated carbocycles. The molecule has 4 nitrogen and oxygen atoms in total. The van der Waals surface area contributed by atoms with E-state index in [2.05, 4.69) is 55.3 Å². The molecule has 0 fully saturated rings. The summed E-state index contributed by atoms with van der Waals surface area (Å²) in [7, 11) is 0. The van der Waals surface area contributed by atoms with Gasteiger partial charge in [0.1, 0.15) is 5.65 Å². The molecule has 0 aliphatic carbocycles. The van der Waals surface area contributed by atoms with Crippen molar-refractivity contribution in [3.63, 3.8) is 0 Å². The molecule has 0 saturated heterocycles. The third-order valence-corrected chi connectivity index (χ3v) is 4.63. The van der Waals surface area contributed by atoms with Gasteiger partial charge < -0.3 is 9.72 Å². The van der Waals surface area contributed by atoms with E-state index in [9.17, 15) is 4.79 Å². The second kappa shape index (κ2) is 7.32. The Kier molecular flexibility index (Phi) is 5.12. The molecule has 0 bridgehead atoms. The second-order valence-electron chi connectivity index (χ2n) is 7.88. The van der Waals surface area contributed by atoms with Crippen LogP contribution in [0.3, 0.4) is 0 Å². The first kappa shape index (κ1) is 18.2. The molecule has 0 atom stereocenters. The zero-order chi connectivity index (χ0) is 18.7. The predicted octanol–water partition coefficient (Wildman–Crippen LogP) is 3.84. The van der Waals surface area contributed by atoms with Crippen molar-refractivity contribution in [3.05, 3.63) is 71.2 Å². The predicted molar refractivity (Wildman–Crippen MR) is 105 cm³/mol. The highest BCUT2D eigenvalue weighted by Gasteiger charge is 2.13. The van der Waals surface area contributed by atoms with Crippen molar-refractivity contribution in [2.45, 2.75) is 46.0 Å². The summed E-state index contributed by atoms with van der Waals surface area (Å²) < 4.78 is 1.97. The molecule has 136 valence electrons. The van der Waals surface area contributed by atoms with Crippen LogP contribution in [0.25, 0.3) is 5.65 Å². The summed E-state index contributed by atoms with van der Waals surface area (Å²) >= 11 is 0. The number of pyridine rings is 1. The second-order valence-corrected chi connectivity index (χ2v) is 7.88. The van der Waals surface area contributed by atoms with Gasteiger partial charge in [-0.2, -0.15) is 0 Å². The average molecular weight is 349 g/mol. The number of imidazole rings is 1. The molecule has 3 rings (SSSR count). The maximum absolute atomic E-state index is 12.2. The summed E-state index contributed by atoms with van der Waals surface area (Å²) in [5, 5.41) is 3.00. The van der Waals surface area contributed by atoms with Gasteiger partial charge >= 0.3 is 0 Å². The minimum absolute atomic E-state index is 0.0115. The van der Waals surface area contributed by atoms with Gasteiger partial charge in [-0.1, -0.05) is 51.1 Å². The van der Waals surface area contributed by atoms with Gasteiger partial charge in [-0.15, -0.1) is 0 Å². The van der Waals surface area contributed by atoms with E-state index < -0.39 is 0 Å². The molecule has 3 aromatic rings. The number of fused-ring (bicyclic) bond motifs is 1. The molecule has 0 spiro atoms. The highest BCUT2D eigenvalue weighted by molar-refractivity contribution is 5.78. The number of nitrogens with one attached hydrogen (secondary N) is 1. The fraction of sp³-hybridized carbons (Fsp3) is 0.364. The first-order chi connectivity index (χ1) is 12.3. The molecule has 26 heavy (non-hydrogen) atoms. The lowest BCUT2D eigenvalue weighted by molar-refractivity contribution is -0.120. The summed E-state index contributed by atoms with van der Waals surface area (Å²) in [5.74, 6) is 0.0115. The van der Waals surface area contributed by atoms with Crippen molar-refractivity contribution in [1.82, 2.24) is 14.7 Å². The van der Waals surface area contributed by atoms with Gasteiger partial charge in [0.15, 0.2) is 0 Å². The third-order valence-electron chi connectivity index (χ3n) is 4.63. The quantitative estimate of drug-likeness (QED) is 0.761.